The van der Waals surface area contributed by atoms with E-state index in [2.05, 4.69) is 0 Å². The molecule has 0 aliphatic carbocycles. The molecule has 0 saturated carbocycles. The van der Waals surface area contributed by atoms with Crippen molar-refractivity contribution in [2.75, 3.05) is 0 Å². The van der Waals surface area contributed by atoms with E-state index < -0.39 is 0 Å². The van der Waals surface area contributed by atoms with Gasteiger partial charge >= 0.3 is 18.6 Å². The second kappa shape index (κ2) is 35.0. The van der Waals surface area contributed by atoms with Crippen molar-refractivity contribution >= 4 is 0 Å². The van der Waals surface area contributed by atoms with Crippen LogP contribution in [0.2, 0.25) is 0 Å². The van der Waals surface area contributed by atoms with Crippen molar-refractivity contribution in [3.63, 3.8) is 0 Å². The molecular weight excluding hydrogens is 150 g/mol. The van der Waals surface area contributed by atoms with Crippen molar-refractivity contribution in [2.45, 2.75) is 13.8 Å². The molecule has 0 saturated heterocycles. The first-order valence-corrected chi connectivity index (χ1v) is 1.15. The van der Waals surface area contributed by atoms with Crippen molar-refractivity contribution in [1.29, 1.82) is 0 Å². The Morgan fingerprint density at radius 2 is 1.17 bits per heavy atom. The number of rotatable bonds is 0. The quantitative estimate of drug-likeness (QED) is 0.473. The molecule has 0 aromatic heterocycles. The Kier molecular flexibility index (Phi) is 159. The van der Waals surface area contributed by atoms with Crippen LogP contribution in [0, 0.1) is 13.8 Å². The van der Waals surface area contributed by atoms with Crippen LogP contribution in [-0.4, -0.2) is 0 Å². The zero-order valence-electron chi connectivity index (χ0n) is 4.47. The monoisotopic (exact) mass is 160 g/mol. The first-order chi connectivity index (χ1) is 1.41. The molecule has 0 aliphatic rings. The van der Waals surface area contributed by atoms with Crippen molar-refractivity contribution < 1.29 is 37.1 Å². The van der Waals surface area contributed by atoms with Crippen molar-refractivity contribution in [1.82, 2.24) is 0 Å². The van der Waals surface area contributed by atoms with Gasteiger partial charge in [-0.2, -0.15) is 13.8 Å². The van der Waals surface area contributed by atoms with Gasteiger partial charge in [0.2, 0.25) is 0 Å². The number of hydrogen-bond acceptors (Lipinski definition) is 0. The van der Waals surface area contributed by atoms with Gasteiger partial charge in [0, 0.05) is 18.6 Å². The first kappa shape index (κ1) is 27.2. The molecule has 2 radical (unpaired) electrons. The molecule has 0 rings (SSSR count). The van der Waals surface area contributed by atoms with Crippen LogP contribution in [0.25, 0.3) is 0 Å². The molecule has 36 valence electrons. The summed E-state index contributed by atoms with van der Waals surface area (Å²) in [6, 6.07) is 0. The van der Waals surface area contributed by atoms with Crippen molar-refractivity contribution in [3.05, 3.63) is 13.8 Å². The smallest absolute Gasteiger partial charge is 0.358 e. The molecule has 0 atom stereocenters. The largest absolute Gasteiger partial charge is 2.00 e. The molecule has 0 aliphatic heterocycles. The molecule has 0 aromatic carbocycles. The summed E-state index contributed by atoms with van der Waals surface area (Å²) in [7, 11) is 0. The van der Waals surface area contributed by atoms with Gasteiger partial charge in [0.05, 0.1) is 0 Å². The molecule has 0 amide bonds. The van der Waals surface area contributed by atoms with E-state index in [-0.39, 0.29) is 44.5 Å². The third kappa shape index (κ3) is 65.8. The average Bonchev–Trinajstić information content (AvgIpc) is 0.918. The standard InChI is InChI=1S/C3H7.CH3.2V/c1-3-2;;;/h3H,1-2H3;1H3;;/q2*-1;;+2. The van der Waals surface area contributed by atoms with Crippen LogP contribution in [0.4, 0.5) is 0 Å². The van der Waals surface area contributed by atoms with Gasteiger partial charge in [-0.1, -0.05) is 0 Å². The Labute approximate surface area is 64.9 Å². The van der Waals surface area contributed by atoms with Crippen LogP contribution in [0.5, 0.6) is 0 Å². The van der Waals surface area contributed by atoms with E-state index >= 15 is 0 Å². The Hall–Kier alpha value is 1.17. The summed E-state index contributed by atoms with van der Waals surface area (Å²) in [5, 5.41) is 0. The average molecular weight is 160 g/mol. The maximum Gasteiger partial charge on any atom is 2.00 e. The van der Waals surface area contributed by atoms with Crippen molar-refractivity contribution in [2.24, 2.45) is 0 Å². The van der Waals surface area contributed by atoms with Gasteiger partial charge in [0.25, 0.3) is 0 Å². The third-order valence-corrected chi connectivity index (χ3v) is 0. The fraction of sp³-hybridized carbons (Fsp3) is 0.500. The zero-order chi connectivity index (χ0) is 2.71. The van der Waals surface area contributed by atoms with Crippen LogP contribution < -0.4 is 0 Å². The van der Waals surface area contributed by atoms with E-state index in [1.54, 1.807) is 0 Å². The van der Waals surface area contributed by atoms with Crippen LogP contribution >= 0.6 is 0 Å². The summed E-state index contributed by atoms with van der Waals surface area (Å²) >= 11 is 0. The van der Waals surface area contributed by atoms with E-state index in [1.807, 2.05) is 20.3 Å². The van der Waals surface area contributed by atoms with E-state index in [1.165, 1.54) is 0 Å². The minimum Gasteiger partial charge on any atom is -0.358 e. The van der Waals surface area contributed by atoms with Gasteiger partial charge in [0.1, 0.15) is 0 Å². The van der Waals surface area contributed by atoms with Gasteiger partial charge in [-0.3, -0.25) is 0 Å². The summed E-state index contributed by atoms with van der Waals surface area (Å²) in [5.41, 5.74) is 0. The van der Waals surface area contributed by atoms with Crippen LogP contribution in [0.1, 0.15) is 13.8 Å². The minimum atomic E-state index is 0. The summed E-state index contributed by atoms with van der Waals surface area (Å²) in [6.45, 7) is 4.00. The fourth-order valence-electron chi connectivity index (χ4n) is 0. The molecule has 0 N–H and O–H groups in total. The Morgan fingerprint density at radius 1 is 1.17 bits per heavy atom. The molecule has 0 aromatic rings. The van der Waals surface area contributed by atoms with E-state index in [4.69, 9.17) is 0 Å². The zero-order valence-corrected chi connectivity index (χ0v) is 7.27. The van der Waals surface area contributed by atoms with Crippen LogP contribution in [-0.2, 0) is 37.1 Å². The summed E-state index contributed by atoms with van der Waals surface area (Å²) in [4.78, 5) is 0. The predicted molar refractivity (Wildman–Crippen MR) is 22.1 cm³/mol. The maximum atomic E-state index is 2.00. The Balaban J connectivity index is -0.00000000667. The van der Waals surface area contributed by atoms with Crippen molar-refractivity contribution in [3.8, 4) is 0 Å². The summed E-state index contributed by atoms with van der Waals surface area (Å²) < 4.78 is 0. The summed E-state index contributed by atoms with van der Waals surface area (Å²) in [5.74, 6) is 0. The Morgan fingerprint density at radius 3 is 1.17 bits per heavy atom. The molecule has 6 heavy (non-hydrogen) atoms. The summed E-state index contributed by atoms with van der Waals surface area (Å²) in [6.07, 6.45) is 2.00. The van der Waals surface area contributed by atoms with Gasteiger partial charge in [-0.25, -0.2) is 0 Å². The second-order valence-corrected chi connectivity index (χ2v) is 0.577. The van der Waals surface area contributed by atoms with E-state index in [9.17, 15) is 0 Å². The Bertz CT molecular complexity index is 5.51. The van der Waals surface area contributed by atoms with Gasteiger partial charge < -0.3 is 13.8 Å². The second-order valence-electron chi connectivity index (χ2n) is 0.577. The van der Waals surface area contributed by atoms with E-state index in [0.717, 1.165) is 0 Å². The van der Waals surface area contributed by atoms with Crippen LogP contribution in [0.3, 0.4) is 0 Å². The molecule has 0 heterocycles. The molecule has 0 fully saturated rings. The number of hydrogen-bond donors (Lipinski definition) is 0. The van der Waals surface area contributed by atoms with Gasteiger partial charge in [-0.05, 0) is 0 Å². The topological polar surface area (TPSA) is 0 Å². The fourth-order valence-corrected chi connectivity index (χ4v) is 0. The van der Waals surface area contributed by atoms with Gasteiger partial charge in [-0.15, -0.1) is 0 Å². The third-order valence-electron chi connectivity index (χ3n) is 0. The molecular formula is C4H10V2. The predicted octanol–water partition coefficient (Wildman–Crippen LogP) is 1.68. The minimum absolute atomic E-state index is 0. The molecule has 0 spiro atoms. The first-order valence-electron chi connectivity index (χ1n) is 1.15. The molecule has 2 heteroatoms. The maximum absolute atomic E-state index is 2.00. The molecule has 0 bridgehead atoms. The van der Waals surface area contributed by atoms with Crippen LogP contribution in [0.15, 0.2) is 0 Å². The SMILES string of the molecule is C[CH-]C.[CH3-].[V+2].[V]. The molecule has 0 unspecified atom stereocenters. The van der Waals surface area contributed by atoms with E-state index in [0.29, 0.717) is 0 Å². The molecule has 0 nitrogen and oxygen atoms in total. The van der Waals surface area contributed by atoms with Gasteiger partial charge in [0.15, 0.2) is 0 Å². The normalized spacial score (nSPS) is 3.00.